The number of para-hydroxylation sites is 1. The maximum absolute atomic E-state index is 12.0. The molecule has 0 saturated carbocycles. The molecule has 4 aromatic rings. The largest absolute Gasteiger partial charge is 0.456 e. The van der Waals surface area contributed by atoms with Crippen LogP contribution >= 0.6 is 0 Å². The lowest BCUT2D eigenvalue weighted by Gasteiger charge is -2.03. The molecule has 0 saturated heterocycles. The van der Waals surface area contributed by atoms with Crippen LogP contribution in [0.5, 0.6) is 0 Å². The minimum Gasteiger partial charge on any atom is -0.456 e. The quantitative estimate of drug-likeness (QED) is 0.470. The second kappa shape index (κ2) is 8.00. The average Bonchev–Trinajstić information content (AvgIpc) is 3.19. The summed E-state index contributed by atoms with van der Waals surface area (Å²) in [6.45, 7) is 1.94. The fourth-order valence-corrected chi connectivity index (χ4v) is 2.94. The zero-order valence-electron chi connectivity index (χ0n) is 15.5. The summed E-state index contributed by atoms with van der Waals surface area (Å²) >= 11 is 0. The summed E-state index contributed by atoms with van der Waals surface area (Å²) in [7, 11) is 0. The van der Waals surface area contributed by atoms with Gasteiger partial charge in [0.05, 0.1) is 11.9 Å². The Labute approximate surface area is 162 Å². The first-order valence-electron chi connectivity index (χ1n) is 9.08. The topological polar surface area (TPSA) is 78.1 Å². The normalized spacial score (nSPS) is 10.9. The molecule has 0 amide bonds. The van der Waals surface area contributed by atoms with Gasteiger partial charge in [-0.1, -0.05) is 53.7 Å². The molecule has 0 unspecified atom stereocenters. The summed E-state index contributed by atoms with van der Waals surface area (Å²) in [4.78, 5) is 20.9. The van der Waals surface area contributed by atoms with Crippen molar-refractivity contribution in [2.24, 2.45) is 0 Å². The molecule has 0 aliphatic carbocycles. The van der Waals surface area contributed by atoms with Gasteiger partial charge in [-0.25, -0.2) is 0 Å². The predicted molar refractivity (Wildman–Crippen MR) is 104 cm³/mol. The van der Waals surface area contributed by atoms with Crippen LogP contribution in [0.2, 0.25) is 0 Å². The molecule has 28 heavy (non-hydrogen) atoms. The van der Waals surface area contributed by atoms with Gasteiger partial charge >= 0.3 is 5.97 Å². The van der Waals surface area contributed by atoms with E-state index in [1.165, 1.54) is 0 Å². The number of carbonyl (C=O) groups excluding carboxylic acids is 1. The van der Waals surface area contributed by atoms with E-state index in [0.717, 1.165) is 27.7 Å². The first-order valence-corrected chi connectivity index (χ1v) is 9.08. The summed E-state index contributed by atoms with van der Waals surface area (Å²) < 4.78 is 10.4. The maximum Gasteiger partial charge on any atom is 0.306 e. The van der Waals surface area contributed by atoms with Crippen molar-refractivity contribution in [3.8, 4) is 11.4 Å². The number of hydrogen-bond acceptors (Lipinski definition) is 6. The minimum absolute atomic E-state index is 0.0388. The van der Waals surface area contributed by atoms with Gasteiger partial charge in [0.25, 0.3) is 5.89 Å². The van der Waals surface area contributed by atoms with Crippen LogP contribution in [-0.2, 0) is 22.6 Å². The van der Waals surface area contributed by atoms with Crippen LogP contribution in [0.25, 0.3) is 22.3 Å². The Hall–Kier alpha value is -3.54. The number of fused-ring (bicyclic) bond motifs is 1. The van der Waals surface area contributed by atoms with Gasteiger partial charge in [0.15, 0.2) is 6.61 Å². The third-order valence-electron chi connectivity index (χ3n) is 4.45. The first kappa shape index (κ1) is 17.9. The van der Waals surface area contributed by atoms with Crippen molar-refractivity contribution in [1.82, 2.24) is 15.1 Å². The fourth-order valence-electron chi connectivity index (χ4n) is 2.94. The predicted octanol–water partition coefficient (Wildman–Crippen LogP) is 4.27. The van der Waals surface area contributed by atoms with Crippen LogP contribution in [0.15, 0.2) is 65.2 Å². The number of esters is 1. The molecule has 0 N–H and O–H groups in total. The lowest BCUT2D eigenvalue weighted by Crippen LogP contribution is -2.06. The minimum atomic E-state index is -0.328. The lowest BCUT2D eigenvalue weighted by molar-refractivity contribution is -0.145. The monoisotopic (exact) mass is 373 g/mol. The molecular weight excluding hydrogens is 354 g/mol. The smallest absolute Gasteiger partial charge is 0.306 e. The Balaban J connectivity index is 1.31. The van der Waals surface area contributed by atoms with E-state index >= 15 is 0 Å². The maximum atomic E-state index is 12.0. The summed E-state index contributed by atoms with van der Waals surface area (Å²) in [6.07, 6.45) is 0.756. The molecule has 6 heteroatoms. The van der Waals surface area contributed by atoms with Crippen molar-refractivity contribution in [3.63, 3.8) is 0 Å². The Morgan fingerprint density at radius 2 is 1.82 bits per heavy atom. The van der Waals surface area contributed by atoms with E-state index in [1.807, 2.05) is 67.6 Å². The summed E-state index contributed by atoms with van der Waals surface area (Å²) in [5.74, 6) is 0.436. The summed E-state index contributed by atoms with van der Waals surface area (Å²) in [6, 6.07) is 19.6. The van der Waals surface area contributed by atoms with E-state index in [4.69, 9.17) is 9.26 Å². The Kier molecular flexibility index (Phi) is 5.10. The van der Waals surface area contributed by atoms with E-state index in [0.29, 0.717) is 12.2 Å². The molecule has 0 aliphatic heterocycles. The van der Waals surface area contributed by atoms with Gasteiger partial charge in [0, 0.05) is 23.1 Å². The zero-order chi connectivity index (χ0) is 19.3. The molecule has 0 spiro atoms. The molecule has 2 aromatic heterocycles. The highest BCUT2D eigenvalue weighted by Crippen LogP contribution is 2.20. The van der Waals surface area contributed by atoms with Crippen molar-refractivity contribution in [2.45, 2.75) is 26.4 Å². The molecule has 140 valence electrons. The van der Waals surface area contributed by atoms with Crippen molar-refractivity contribution in [2.75, 3.05) is 0 Å². The second-order valence-electron chi connectivity index (χ2n) is 6.48. The Morgan fingerprint density at radius 1 is 1.00 bits per heavy atom. The molecule has 0 aliphatic rings. The van der Waals surface area contributed by atoms with E-state index in [-0.39, 0.29) is 24.9 Å². The van der Waals surface area contributed by atoms with Gasteiger partial charge < -0.3 is 9.26 Å². The highest BCUT2D eigenvalue weighted by atomic mass is 16.6. The number of hydrogen-bond donors (Lipinski definition) is 0. The molecule has 2 heterocycles. The fraction of sp³-hybridized carbons (Fsp3) is 0.182. The van der Waals surface area contributed by atoms with Gasteiger partial charge in [-0.15, -0.1) is 0 Å². The Morgan fingerprint density at radius 3 is 2.71 bits per heavy atom. The number of nitrogens with zero attached hydrogens (tertiary/aromatic N) is 3. The molecule has 0 atom stereocenters. The number of benzene rings is 2. The standard InChI is InChI=1S/C22H19N3O3/c1-15-6-2-4-8-18(15)22-24-20(28-25-22)14-27-21(26)13-12-17-11-10-16-7-3-5-9-19(16)23-17/h2-11H,12-14H2,1H3. The number of aromatic nitrogens is 3. The van der Waals surface area contributed by atoms with Crippen molar-refractivity contribution < 1.29 is 14.1 Å². The van der Waals surface area contributed by atoms with Crippen LogP contribution in [-0.4, -0.2) is 21.1 Å². The van der Waals surface area contributed by atoms with Gasteiger partial charge in [0.2, 0.25) is 5.82 Å². The number of pyridine rings is 1. The average molecular weight is 373 g/mol. The van der Waals surface area contributed by atoms with Crippen LogP contribution in [0.1, 0.15) is 23.6 Å². The first-order chi connectivity index (χ1) is 13.7. The Bertz CT molecular complexity index is 1120. The molecule has 0 bridgehead atoms. The highest BCUT2D eigenvalue weighted by Gasteiger charge is 2.12. The van der Waals surface area contributed by atoms with Gasteiger partial charge in [0.1, 0.15) is 0 Å². The van der Waals surface area contributed by atoms with E-state index in [9.17, 15) is 4.79 Å². The molecule has 2 aromatic carbocycles. The molecule has 4 rings (SSSR count). The number of ether oxygens (including phenoxy) is 1. The van der Waals surface area contributed by atoms with Gasteiger partial charge in [-0.05, 0) is 24.6 Å². The number of aryl methyl sites for hydroxylation is 2. The van der Waals surface area contributed by atoms with Crippen LogP contribution < -0.4 is 0 Å². The highest BCUT2D eigenvalue weighted by molar-refractivity contribution is 5.78. The lowest BCUT2D eigenvalue weighted by atomic mass is 10.1. The van der Waals surface area contributed by atoms with E-state index in [2.05, 4.69) is 15.1 Å². The van der Waals surface area contributed by atoms with E-state index < -0.39 is 0 Å². The second-order valence-corrected chi connectivity index (χ2v) is 6.48. The molecule has 0 radical (unpaired) electrons. The number of carbonyl (C=O) groups is 1. The van der Waals surface area contributed by atoms with Gasteiger partial charge in [-0.3, -0.25) is 9.78 Å². The summed E-state index contributed by atoms with van der Waals surface area (Å²) in [5.41, 5.74) is 3.72. The number of rotatable bonds is 6. The van der Waals surface area contributed by atoms with Crippen LogP contribution in [0.4, 0.5) is 0 Å². The SMILES string of the molecule is Cc1ccccc1-c1noc(COC(=O)CCc2ccc3ccccc3n2)n1. The van der Waals surface area contributed by atoms with Crippen molar-refractivity contribution in [3.05, 3.63) is 77.8 Å². The third-order valence-corrected chi connectivity index (χ3v) is 4.45. The van der Waals surface area contributed by atoms with Crippen molar-refractivity contribution in [1.29, 1.82) is 0 Å². The van der Waals surface area contributed by atoms with Crippen molar-refractivity contribution >= 4 is 16.9 Å². The molecular formula is C22H19N3O3. The molecule has 6 nitrogen and oxygen atoms in total. The molecule has 0 fully saturated rings. The third kappa shape index (κ3) is 4.06. The van der Waals surface area contributed by atoms with Crippen LogP contribution in [0.3, 0.4) is 0 Å². The zero-order valence-corrected chi connectivity index (χ0v) is 15.5. The summed E-state index contributed by atoms with van der Waals surface area (Å²) in [5, 5.41) is 5.04. The van der Waals surface area contributed by atoms with Crippen LogP contribution in [0, 0.1) is 6.92 Å². The van der Waals surface area contributed by atoms with Gasteiger partial charge in [-0.2, -0.15) is 4.98 Å². The van der Waals surface area contributed by atoms with E-state index in [1.54, 1.807) is 0 Å².